The second-order valence-corrected chi connectivity index (χ2v) is 5.34. The van der Waals surface area contributed by atoms with E-state index in [2.05, 4.69) is 10.3 Å². The lowest BCUT2D eigenvalue weighted by atomic mass is 10.2. The number of nitrogens with zero attached hydrogens (tertiary/aromatic N) is 1. The van der Waals surface area contributed by atoms with Crippen molar-refractivity contribution in [3.05, 3.63) is 45.9 Å². The lowest BCUT2D eigenvalue weighted by molar-refractivity contribution is -0.136. The maximum Gasteiger partial charge on any atom is 0.309 e. The number of aromatic nitrogens is 1. The Morgan fingerprint density at radius 3 is 2.85 bits per heavy atom. The van der Waals surface area contributed by atoms with E-state index in [-0.39, 0.29) is 18.7 Å². The minimum Gasteiger partial charge on any atom is -0.481 e. The molecule has 104 valence electrons. The van der Waals surface area contributed by atoms with Gasteiger partial charge in [0.05, 0.1) is 18.5 Å². The minimum atomic E-state index is -0.925. The van der Waals surface area contributed by atoms with E-state index in [9.17, 15) is 9.59 Å². The largest absolute Gasteiger partial charge is 0.481 e. The van der Waals surface area contributed by atoms with Gasteiger partial charge in [-0.1, -0.05) is 12.1 Å². The molecule has 0 spiro atoms. The molecule has 0 fully saturated rings. The van der Waals surface area contributed by atoms with Crippen LogP contribution < -0.4 is 5.32 Å². The molecule has 0 radical (unpaired) electrons. The Morgan fingerprint density at radius 1 is 1.35 bits per heavy atom. The van der Waals surface area contributed by atoms with E-state index in [0.29, 0.717) is 10.7 Å². The van der Waals surface area contributed by atoms with E-state index >= 15 is 0 Å². The van der Waals surface area contributed by atoms with E-state index < -0.39 is 5.97 Å². The summed E-state index contributed by atoms with van der Waals surface area (Å²) in [6, 6.07) is 7.53. The van der Waals surface area contributed by atoms with Gasteiger partial charge in [-0.15, -0.1) is 11.3 Å². The number of anilines is 1. The maximum atomic E-state index is 11.9. The van der Waals surface area contributed by atoms with Gasteiger partial charge < -0.3 is 10.4 Å². The van der Waals surface area contributed by atoms with Gasteiger partial charge in [-0.25, -0.2) is 4.98 Å². The van der Waals surface area contributed by atoms with E-state index in [0.717, 1.165) is 11.3 Å². The number of benzene rings is 1. The van der Waals surface area contributed by atoms with Gasteiger partial charge in [0, 0.05) is 11.1 Å². The van der Waals surface area contributed by atoms with Gasteiger partial charge >= 0.3 is 5.97 Å². The average Bonchev–Trinajstić information content (AvgIpc) is 2.75. The highest BCUT2D eigenvalue weighted by Gasteiger charge is 2.10. The molecular formula is C14H14N2O3S. The van der Waals surface area contributed by atoms with Crippen LogP contribution in [0.15, 0.2) is 29.6 Å². The number of aliphatic carboxylic acids is 1. The topological polar surface area (TPSA) is 79.3 Å². The molecule has 1 aromatic carbocycles. The van der Waals surface area contributed by atoms with Crippen molar-refractivity contribution in [1.29, 1.82) is 0 Å². The number of rotatable bonds is 5. The summed E-state index contributed by atoms with van der Waals surface area (Å²) in [6.45, 7) is 1.95. The zero-order valence-corrected chi connectivity index (χ0v) is 11.7. The summed E-state index contributed by atoms with van der Waals surface area (Å²) in [5.74, 6) is -1.09. The summed E-state index contributed by atoms with van der Waals surface area (Å²) in [5, 5.41) is 13.7. The third-order valence-electron chi connectivity index (χ3n) is 2.55. The van der Waals surface area contributed by atoms with Crippen LogP contribution in [0.4, 0.5) is 5.69 Å². The first kappa shape index (κ1) is 14.2. The molecule has 1 aromatic heterocycles. The summed E-state index contributed by atoms with van der Waals surface area (Å²) in [4.78, 5) is 26.5. The first-order valence-corrected chi connectivity index (χ1v) is 6.92. The molecule has 0 saturated heterocycles. The number of nitrogens with one attached hydrogen (secondary N) is 1. The van der Waals surface area contributed by atoms with E-state index in [4.69, 9.17) is 5.11 Å². The molecule has 0 atom stereocenters. The molecule has 0 aliphatic heterocycles. The standard InChI is InChI=1S/C14H14N2O3S/c1-9-3-2-4-10(5-9)15-12(17)7-13-16-11(8-20-13)6-14(18)19/h2-5,8H,6-7H2,1H3,(H,15,17)(H,18,19). The lowest BCUT2D eigenvalue weighted by Gasteiger charge is -2.04. The van der Waals surface area contributed by atoms with Gasteiger partial charge in [-0.2, -0.15) is 0 Å². The van der Waals surface area contributed by atoms with Gasteiger partial charge in [0.2, 0.25) is 5.91 Å². The number of amides is 1. The number of carbonyl (C=O) groups excluding carboxylic acids is 1. The van der Waals surface area contributed by atoms with Crippen molar-refractivity contribution in [1.82, 2.24) is 4.98 Å². The molecular weight excluding hydrogens is 276 g/mol. The highest BCUT2D eigenvalue weighted by molar-refractivity contribution is 7.09. The molecule has 0 aliphatic rings. The molecule has 0 bridgehead atoms. The normalized spacial score (nSPS) is 10.2. The highest BCUT2D eigenvalue weighted by Crippen LogP contribution is 2.13. The van der Waals surface area contributed by atoms with Crippen LogP contribution >= 0.6 is 11.3 Å². The minimum absolute atomic E-state index is 0.115. The van der Waals surface area contributed by atoms with Gasteiger partial charge in [-0.3, -0.25) is 9.59 Å². The monoisotopic (exact) mass is 290 g/mol. The van der Waals surface area contributed by atoms with E-state index in [1.807, 2.05) is 31.2 Å². The van der Waals surface area contributed by atoms with Crippen molar-refractivity contribution in [2.45, 2.75) is 19.8 Å². The summed E-state index contributed by atoms with van der Waals surface area (Å²) in [6.07, 6.45) is 0.0359. The fourth-order valence-corrected chi connectivity index (χ4v) is 2.52. The third-order valence-corrected chi connectivity index (χ3v) is 3.44. The Hall–Kier alpha value is -2.21. The highest BCUT2D eigenvalue weighted by atomic mass is 32.1. The van der Waals surface area contributed by atoms with Crippen LogP contribution in [0.1, 0.15) is 16.3 Å². The van der Waals surface area contributed by atoms with Crippen molar-refractivity contribution in [3.63, 3.8) is 0 Å². The molecule has 0 saturated carbocycles. The number of aryl methyl sites for hydroxylation is 1. The van der Waals surface area contributed by atoms with Crippen LogP contribution in [-0.4, -0.2) is 22.0 Å². The molecule has 1 amide bonds. The Labute approximate surface area is 120 Å². The van der Waals surface area contributed by atoms with Crippen LogP contribution in [0, 0.1) is 6.92 Å². The van der Waals surface area contributed by atoms with Crippen LogP contribution in [-0.2, 0) is 22.4 Å². The van der Waals surface area contributed by atoms with Gasteiger partial charge in [0.25, 0.3) is 0 Å². The fourth-order valence-electron chi connectivity index (χ4n) is 1.73. The third kappa shape index (κ3) is 4.17. The summed E-state index contributed by atoms with van der Waals surface area (Å²) in [7, 11) is 0. The molecule has 2 rings (SSSR count). The first-order chi connectivity index (χ1) is 9.52. The quantitative estimate of drug-likeness (QED) is 0.885. The number of hydrogen-bond donors (Lipinski definition) is 2. The van der Waals surface area contributed by atoms with E-state index in [1.165, 1.54) is 11.3 Å². The Balaban J connectivity index is 1.94. The second-order valence-electron chi connectivity index (χ2n) is 4.40. The Morgan fingerprint density at radius 2 is 2.15 bits per heavy atom. The maximum absolute atomic E-state index is 11.9. The number of carboxylic acids is 1. The fraction of sp³-hybridized carbons (Fsp3) is 0.214. The van der Waals surface area contributed by atoms with Crippen molar-refractivity contribution in [2.75, 3.05) is 5.32 Å². The summed E-state index contributed by atoms with van der Waals surface area (Å²) in [5.41, 5.74) is 2.30. The van der Waals surface area contributed by atoms with Gasteiger partial charge in [0.15, 0.2) is 0 Å². The molecule has 0 aliphatic carbocycles. The Bertz CT molecular complexity index is 637. The van der Waals surface area contributed by atoms with Crippen molar-refractivity contribution >= 4 is 28.9 Å². The summed E-state index contributed by atoms with van der Waals surface area (Å²) >= 11 is 1.30. The SMILES string of the molecule is Cc1cccc(NC(=O)Cc2nc(CC(=O)O)cs2)c1. The Kier molecular flexibility index (Phi) is 4.47. The first-order valence-electron chi connectivity index (χ1n) is 6.04. The molecule has 2 aromatic rings. The second kappa shape index (κ2) is 6.29. The molecule has 2 N–H and O–H groups in total. The molecule has 0 unspecified atom stereocenters. The number of carbonyl (C=O) groups is 2. The number of thiazole rings is 1. The zero-order chi connectivity index (χ0) is 14.5. The van der Waals surface area contributed by atoms with Gasteiger partial charge in [0.1, 0.15) is 5.01 Å². The average molecular weight is 290 g/mol. The van der Waals surface area contributed by atoms with Crippen molar-refractivity contribution in [2.24, 2.45) is 0 Å². The zero-order valence-electron chi connectivity index (χ0n) is 10.9. The molecule has 20 heavy (non-hydrogen) atoms. The van der Waals surface area contributed by atoms with Crippen LogP contribution in [0.5, 0.6) is 0 Å². The molecule has 1 heterocycles. The predicted octanol–water partition coefficient (Wildman–Crippen LogP) is 2.26. The van der Waals surface area contributed by atoms with Crippen molar-refractivity contribution < 1.29 is 14.7 Å². The van der Waals surface area contributed by atoms with Crippen LogP contribution in [0.2, 0.25) is 0 Å². The summed E-state index contributed by atoms with van der Waals surface area (Å²) < 4.78 is 0. The van der Waals surface area contributed by atoms with E-state index in [1.54, 1.807) is 5.38 Å². The lowest BCUT2D eigenvalue weighted by Crippen LogP contribution is -2.14. The predicted molar refractivity (Wildman–Crippen MR) is 77.0 cm³/mol. The molecule has 6 heteroatoms. The van der Waals surface area contributed by atoms with Crippen LogP contribution in [0.25, 0.3) is 0 Å². The van der Waals surface area contributed by atoms with Crippen LogP contribution in [0.3, 0.4) is 0 Å². The van der Waals surface area contributed by atoms with Gasteiger partial charge in [-0.05, 0) is 24.6 Å². The number of hydrogen-bond acceptors (Lipinski definition) is 4. The molecule has 5 nitrogen and oxygen atoms in total. The van der Waals surface area contributed by atoms with Crippen molar-refractivity contribution in [3.8, 4) is 0 Å². The smallest absolute Gasteiger partial charge is 0.309 e. The number of carboxylic acid groups (broad SMARTS) is 1.